The minimum atomic E-state index is 0.547. The topological polar surface area (TPSA) is 53.1 Å². The second kappa shape index (κ2) is 7.53. The Bertz CT molecular complexity index is 862. The van der Waals surface area contributed by atoms with E-state index in [9.17, 15) is 0 Å². The van der Waals surface area contributed by atoms with Crippen LogP contribution in [0.3, 0.4) is 0 Å². The third kappa shape index (κ3) is 4.48. The molecule has 3 rings (SSSR count). The summed E-state index contributed by atoms with van der Waals surface area (Å²) in [6, 6.07) is 16.1. The van der Waals surface area contributed by atoms with E-state index in [4.69, 9.17) is 0 Å². The van der Waals surface area contributed by atoms with Crippen LogP contribution in [0.5, 0.6) is 0 Å². The van der Waals surface area contributed by atoms with Gasteiger partial charge in [0.05, 0.1) is 0 Å². The lowest BCUT2D eigenvalue weighted by atomic mass is 10.2. The van der Waals surface area contributed by atoms with Crippen molar-refractivity contribution >= 4 is 44.8 Å². The van der Waals surface area contributed by atoms with Crippen molar-refractivity contribution in [2.75, 3.05) is 29.6 Å². The zero-order chi connectivity index (χ0) is 17.8. The minimum Gasteiger partial charge on any atom is -0.378 e. The van der Waals surface area contributed by atoms with Crippen molar-refractivity contribution in [1.82, 2.24) is 9.97 Å². The molecule has 5 nitrogen and oxygen atoms in total. The second-order valence-electron chi connectivity index (χ2n) is 5.92. The van der Waals surface area contributed by atoms with Gasteiger partial charge in [-0.05, 0) is 55.0 Å². The second-order valence-corrected chi connectivity index (χ2v) is 6.78. The summed E-state index contributed by atoms with van der Waals surface area (Å²) in [6.45, 7) is 2.05. The van der Waals surface area contributed by atoms with Gasteiger partial charge in [-0.3, -0.25) is 0 Å². The molecule has 0 saturated carbocycles. The van der Waals surface area contributed by atoms with Gasteiger partial charge in [-0.15, -0.1) is 0 Å². The molecule has 6 heteroatoms. The highest BCUT2D eigenvalue weighted by molar-refractivity contribution is 9.10. The summed E-state index contributed by atoms with van der Waals surface area (Å²) in [4.78, 5) is 10.9. The van der Waals surface area contributed by atoms with Gasteiger partial charge in [0, 0.05) is 41.8 Å². The number of aryl methyl sites for hydroxylation is 1. The number of rotatable bonds is 5. The number of anilines is 5. The summed E-state index contributed by atoms with van der Waals surface area (Å²) in [6.07, 6.45) is 1.73. The van der Waals surface area contributed by atoms with Crippen LogP contribution in [0.4, 0.5) is 28.8 Å². The Hall–Kier alpha value is -2.60. The summed E-state index contributed by atoms with van der Waals surface area (Å²) < 4.78 is 1.05. The van der Waals surface area contributed by atoms with Gasteiger partial charge in [0.2, 0.25) is 5.95 Å². The molecule has 0 aliphatic carbocycles. The van der Waals surface area contributed by atoms with Gasteiger partial charge in [-0.25, -0.2) is 4.98 Å². The van der Waals surface area contributed by atoms with Crippen LogP contribution >= 0.6 is 15.9 Å². The predicted octanol–water partition coefficient (Wildman–Crippen LogP) is 5.10. The highest BCUT2D eigenvalue weighted by Crippen LogP contribution is 2.23. The fourth-order valence-electron chi connectivity index (χ4n) is 2.28. The summed E-state index contributed by atoms with van der Waals surface area (Å²) in [5, 5.41) is 6.52. The molecule has 25 heavy (non-hydrogen) atoms. The summed E-state index contributed by atoms with van der Waals surface area (Å²) in [5.74, 6) is 1.28. The molecule has 1 aromatic heterocycles. The number of halogens is 1. The molecule has 1 heterocycles. The van der Waals surface area contributed by atoms with Crippen molar-refractivity contribution in [3.05, 3.63) is 64.8 Å². The number of benzene rings is 2. The molecule has 0 fully saturated rings. The number of nitrogens with one attached hydrogen (secondary N) is 2. The van der Waals surface area contributed by atoms with Crippen molar-refractivity contribution in [3.63, 3.8) is 0 Å². The van der Waals surface area contributed by atoms with E-state index in [1.807, 2.05) is 50.5 Å². The third-order valence-corrected chi connectivity index (χ3v) is 4.59. The normalized spacial score (nSPS) is 10.4. The zero-order valence-electron chi connectivity index (χ0n) is 14.4. The predicted molar refractivity (Wildman–Crippen MR) is 108 cm³/mol. The SMILES string of the molecule is Cc1ccc(Nc2nccc(Nc3ccc(N(C)C)cc3)n2)cc1Br. The Labute approximate surface area is 156 Å². The maximum Gasteiger partial charge on any atom is 0.229 e. The van der Waals surface area contributed by atoms with Crippen LogP contribution in [-0.2, 0) is 0 Å². The van der Waals surface area contributed by atoms with Crippen molar-refractivity contribution in [3.8, 4) is 0 Å². The first kappa shape index (κ1) is 17.2. The van der Waals surface area contributed by atoms with Crippen molar-refractivity contribution in [2.24, 2.45) is 0 Å². The number of hydrogen-bond acceptors (Lipinski definition) is 5. The van der Waals surface area contributed by atoms with Gasteiger partial charge in [-0.1, -0.05) is 22.0 Å². The summed E-state index contributed by atoms with van der Waals surface area (Å²) in [7, 11) is 4.04. The molecule has 3 aromatic rings. The average molecular weight is 398 g/mol. The molecular formula is C19H20BrN5. The standard InChI is InChI=1S/C19H20BrN5/c1-13-4-5-15(12-17(13)20)23-19-21-11-10-18(24-19)22-14-6-8-16(9-7-14)25(2)3/h4-12H,1-3H3,(H2,21,22,23,24). The van der Waals surface area contributed by atoms with Gasteiger partial charge in [0.25, 0.3) is 0 Å². The monoisotopic (exact) mass is 397 g/mol. The van der Waals surface area contributed by atoms with Gasteiger partial charge in [-0.2, -0.15) is 4.98 Å². The van der Waals surface area contributed by atoms with Gasteiger partial charge >= 0.3 is 0 Å². The maximum atomic E-state index is 4.51. The first-order valence-corrected chi connectivity index (χ1v) is 8.71. The van der Waals surface area contributed by atoms with Crippen LogP contribution in [0.1, 0.15) is 5.56 Å². The first-order valence-electron chi connectivity index (χ1n) is 7.92. The highest BCUT2D eigenvalue weighted by atomic mass is 79.9. The first-order chi connectivity index (χ1) is 12.0. The third-order valence-electron chi connectivity index (χ3n) is 3.74. The van der Waals surface area contributed by atoms with E-state index in [1.165, 1.54) is 5.56 Å². The maximum absolute atomic E-state index is 4.51. The van der Waals surface area contributed by atoms with E-state index >= 15 is 0 Å². The summed E-state index contributed by atoms with van der Waals surface area (Å²) >= 11 is 3.54. The van der Waals surface area contributed by atoms with E-state index in [1.54, 1.807) is 6.20 Å². The Kier molecular flexibility index (Phi) is 5.19. The molecule has 0 aliphatic heterocycles. The zero-order valence-corrected chi connectivity index (χ0v) is 16.0. The molecular weight excluding hydrogens is 378 g/mol. The Morgan fingerprint density at radius 2 is 1.64 bits per heavy atom. The fraction of sp³-hybridized carbons (Fsp3) is 0.158. The summed E-state index contributed by atoms with van der Waals surface area (Å²) in [5.41, 5.74) is 4.25. The molecule has 0 bridgehead atoms. The Morgan fingerprint density at radius 3 is 2.32 bits per heavy atom. The van der Waals surface area contributed by atoms with Crippen molar-refractivity contribution < 1.29 is 0 Å². The molecule has 0 spiro atoms. The van der Waals surface area contributed by atoms with E-state index in [2.05, 4.69) is 60.5 Å². The number of nitrogens with zero attached hydrogens (tertiary/aromatic N) is 3. The lowest BCUT2D eigenvalue weighted by molar-refractivity contribution is 1.13. The average Bonchev–Trinajstić information content (AvgIpc) is 2.59. The van der Waals surface area contributed by atoms with Crippen molar-refractivity contribution in [1.29, 1.82) is 0 Å². The van der Waals surface area contributed by atoms with E-state index in [-0.39, 0.29) is 0 Å². The molecule has 128 valence electrons. The smallest absolute Gasteiger partial charge is 0.229 e. The largest absolute Gasteiger partial charge is 0.378 e. The van der Waals surface area contributed by atoms with Crippen LogP contribution in [0, 0.1) is 6.92 Å². The van der Waals surface area contributed by atoms with Crippen LogP contribution in [-0.4, -0.2) is 24.1 Å². The lowest BCUT2D eigenvalue weighted by Crippen LogP contribution is -2.08. The number of aromatic nitrogens is 2. The van der Waals surface area contributed by atoms with Crippen LogP contribution < -0.4 is 15.5 Å². The molecule has 2 aromatic carbocycles. The quantitative estimate of drug-likeness (QED) is 0.626. The van der Waals surface area contributed by atoms with Gasteiger partial charge in [0.15, 0.2) is 0 Å². The molecule has 0 unspecified atom stereocenters. The highest BCUT2D eigenvalue weighted by Gasteiger charge is 2.03. The molecule has 2 N–H and O–H groups in total. The van der Waals surface area contributed by atoms with E-state index in [0.29, 0.717) is 5.95 Å². The van der Waals surface area contributed by atoms with Crippen molar-refractivity contribution in [2.45, 2.75) is 6.92 Å². The minimum absolute atomic E-state index is 0.547. The van der Waals surface area contributed by atoms with Crippen LogP contribution in [0.25, 0.3) is 0 Å². The van der Waals surface area contributed by atoms with Gasteiger partial charge in [0.1, 0.15) is 5.82 Å². The van der Waals surface area contributed by atoms with Crippen LogP contribution in [0.15, 0.2) is 59.2 Å². The van der Waals surface area contributed by atoms with E-state index < -0.39 is 0 Å². The fourth-order valence-corrected chi connectivity index (χ4v) is 2.66. The lowest BCUT2D eigenvalue weighted by Gasteiger charge is -2.13. The van der Waals surface area contributed by atoms with Crippen LogP contribution in [0.2, 0.25) is 0 Å². The number of hydrogen-bond donors (Lipinski definition) is 2. The molecule has 0 aliphatic rings. The Morgan fingerprint density at radius 1 is 0.920 bits per heavy atom. The molecule has 0 atom stereocenters. The van der Waals surface area contributed by atoms with Gasteiger partial charge < -0.3 is 15.5 Å². The Balaban J connectivity index is 1.73. The molecule has 0 radical (unpaired) electrons. The van der Waals surface area contributed by atoms with E-state index in [0.717, 1.165) is 27.4 Å². The molecule has 0 amide bonds. The molecule has 0 saturated heterocycles.